The topological polar surface area (TPSA) is 37.3 Å². The summed E-state index contributed by atoms with van der Waals surface area (Å²) in [5, 5.41) is 11.4. The lowest BCUT2D eigenvalue weighted by molar-refractivity contribution is -0.116. The molecule has 0 saturated heterocycles. The summed E-state index contributed by atoms with van der Waals surface area (Å²) in [6.45, 7) is 11.1. The van der Waals surface area contributed by atoms with Crippen molar-refractivity contribution in [2.75, 3.05) is 0 Å². The Morgan fingerprint density at radius 3 is 2.80 bits per heavy atom. The molecule has 134 valence electrons. The van der Waals surface area contributed by atoms with E-state index < -0.39 is 5.60 Å². The van der Waals surface area contributed by atoms with Crippen LogP contribution in [0.4, 0.5) is 0 Å². The number of terminal acetylenes is 1. The molecular weight excluding hydrogens is 308 g/mol. The minimum absolute atomic E-state index is 0.121. The zero-order valence-corrected chi connectivity index (χ0v) is 15.7. The highest BCUT2D eigenvalue weighted by molar-refractivity contribution is 5.91. The minimum atomic E-state index is -1.04. The highest BCUT2D eigenvalue weighted by atomic mass is 16.3. The number of rotatable bonds is 0. The van der Waals surface area contributed by atoms with Gasteiger partial charge in [0.2, 0.25) is 0 Å². The van der Waals surface area contributed by atoms with E-state index in [1.54, 1.807) is 0 Å². The zero-order valence-electron chi connectivity index (χ0n) is 15.7. The van der Waals surface area contributed by atoms with Crippen molar-refractivity contribution in [2.45, 2.75) is 58.5 Å². The smallest absolute Gasteiger partial charge is 0.155 e. The van der Waals surface area contributed by atoms with Crippen molar-refractivity contribution >= 4 is 5.78 Å². The number of allylic oxidation sites excluding steroid dienone is 2. The van der Waals surface area contributed by atoms with Crippen LogP contribution in [0.3, 0.4) is 0 Å². The third-order valence-electron chi connectivity index (χ3n) is 8.35. The van der Waals surface area contributed by atoms with E-state index in [2.05, 4.69) is 33.3 Å². The Balaban J connectivity index is 1.79. The second kappa shape index (κ2) is 5.34. The minimum Gasteiger partial charge on any atom is -0.377 e. The summed E-state index contributed by atoms with van der Waals surface area (Å²) >= 11 is 0. The molecule has 0 aromatic rings. The predicted molar refractivity (Wildman–Crippen MR) is 99.5 cm³/mol. The van der Waals surface area contributed by atoms with Crippen LogP contribution in [-0.2, 0) is 4.79 Å². The molecule has 2 heteroatoms. The van der Waals surface area contributed by atoms with E-state index in [1.807, 2.05) is 6.08 Å². The summed E-state index contributed by atoms with van der Waals surface area (Å²) in [4.78, 5) is 11.9. The number of ketones is 1. The van der Waals surface area contributed by atoms with E-state index in [4.69, 9.17) is 6.42 Å². The zero-order chi connectivity index (χ0) is 18.1. The number of carbonyl (C=O) groups is 1. The Hall–Kier alpha value is -1.33. The molecule has 3 saturated carbocycles. The van der Waals surface area contributed by atoms with Gasteiger partial charge < -0.3 is 5.11 Å². The Morgan fingerprint density at radius 1 is 1.40 bits per heavy atom. The standard InChI is InChI=1S/C23H30O2/c1-6-23(25)15(4)10-19-21-13(2)9-16-11-17(24)7-8-18(16)20(21)14(3)12-22(19,23)5/h1,11,13,15,18-21,25H,3,7-10,12H2,2,4-5H3/t13-,15-,18?,19?,20?,21?,22+,23+/m1/s1. The van der Waals surface area contributed by atoms with Gasteiger partial charge in [-0.2, -0.15) is 0 Å². The molecule has 3 fully saturated rings. The van der Waals surface area contributed by atoms with E-state index in [1.165, 1.54) is 11.1 Å². The number of hydrogen-bond acceptors (Lipinski definition) is 2. The van der Waals surface area contributed by atoms with Gasteiger partial charge in [0.1, 0.15) is 5.60 Å². The van der Waals surface area contributed by atoms with Crippen LogP contribution in [0.1, 0.15) is 52.9 Å². The quantitative estimate of drug-likeness (QED) is 0.532. The van der Waals surface area contributed by atoms with E-state index in [0.29, 0.717) is 41.8 Å². The maximum atomic E-state index is 11.9. The fourth-order valence-corrected chi connectivity index (χ4v) is 7.22. The van der Waals surface area contributed by atoms with Gasteiger partial charge in [0.25, 0.3) is 0 Å². The first-order chi connectivity index (χ1) is 11.7. The van der Waals surface area contributed by atoms with Gasteiger partial charge in [-0.3, -0.25) is 4.79 Å². The molecule has 0 aromatic carbocycles. The monoisotopic (exact) mass is 338 g/mol. The fraction of sp³-hybridized carbons (Fsp3) is 0.696. The van der Waals surface area contributed by atoms with Crippen LogP contribution < -0.4 is 0 Å². The normalized spacial score (nSPS) is 51.9. The Morgan fingerprint density at radius 2 is 2.12 bits per heavy atom. The molecule has 1 N–H and O–H groups in total. The van der Waals surface area contributed by atoms with E-state index >= 15 is 0 Å². The summed E-state index contributed by atoms with van der Waals surface area (Å²) in [7, 11) is 0. The molecule has 4 unspecified atom stereocenters. The van der Waals surface area contributed by atoms with Gasteiger partial charge in [-0.1, -0.05) is 44.4 Å². The summed E-state index contributed by atoms with van der Waals surface area (Å²) in [5.41, 5.74) is 1.29. The Bertz CT molecular complexity index is 710. The molecule has 0 heterocycles. The summed E-state index contributed by atoms with van der Waals surface area (Å²) in [6, 6.07) is 0. The number of aliphatic hydroxyl groups is 1. The van der Waals surface area contributed by atoms with E-state index in [-0.39, 0.29) is 11.3 Å². The third kappa shape index (κ3) is 2.05. The first-order valence-corrected chi connectivity index (χ1v) is 9.84. The summed E-state index contributed by atoms with van der Waals surface area (Å²) in [5.74, 6) is 5.59. The summed E-state index contributed by atoms with van der Waals surface area (Å²) in [6.07, 6.45) is 12.2. The van der Waals surface area contributed by atoms with Gasteiger partial charge in [-0.25, -0.2) is 0 Å². The molecule has 0 aromatic heterocycles. The van der Waals surface area contributed by atoms with Gasteiger partial charge in [-0.05, 0) is 67.3 Å². The van der Waals surface area contributed by atoms with Crippen molar-refractivity contribution in [3.63, 3.8) is 0 Å². The van der Waals surface area contributed by atoms with Crippen LogP contribution in [-0.4, -0.2) is 16.5 Å². The Kier molecular flexibility index (Phi) is 3.65. The van der Waals surface area contributed by atoms with Crippen molar-refractivity contribution < 1.29 is 9.90 Å². The van der Waals surface area contributed by atoms with Gasteiger partial charge in [0, 0.05) is 11.8 Å². The van der Waals surface area contributed by atoms with Crippen molar-refractivity contribution in [3.8, 4) is 12.3 Å². The molecule has 8 atom stereocenters. The van der Waals surface area contributed by atoms with Crippen molar-refractivity contribution in [1.29, 1.82) is 0 Å². The van der Waals surface area contributed by atoms with Crippen molar-refractivity contribution in [1.82, 2.24) is 0 Å². The molecule has 4 aliphatic rings. The lowest BCUT2D eigenvalue weighted by Gasteiger charge is -2.57. The molecule has 4 rings (SSSR count). The first-order valence-electron chi connectivity index (χ1n) is 9.84. The van der Waals surface area contributed by atoms with E-state index in [9.17, 15) is 9.90 Å². The SMILES string of the molecule is C#C[C@]1(O)[C@H](C)CC2C3C(C(=C)C[C@@]21C)C1CCC(=O)C=C1C[C@H]3C. The summed E-state index contributed by atoms with van der Waals surface area (Å²) < 4.78 is 0. The van der Waals surface area contributed by atoms with Crippen LogP contribution >= 0.6 is 0 Å². The largest absolute Gasteiger partial charge is 0.377 e. The lowest BCUT2D eigenvalue weighted by Crippen LogP contribution is -2.55. The highest BCUT2D eigenvalue weighted by Gasteiger charge is 2.66. The molecule has 4 aliphatic carbocycles. The molecular formula is C23H30O2. The number of fused-ring (bicyclic) bond motifs is 5. The number of carbonyl (C=O) groups excluding carboxylic acids is 1. The van der Waals surface area contributed by atoms with Crippen LogP contribution in [0, 0.1) is 53.3 Å². The van der Waals surface area contributed by atoms with Crippen LogP contribution in [0.25, 0.3) is 0 Å². The molecule has 0 aliphatic heterocycles. The van der Waals surface area contributed by atoms with Gasteiger partial charge in [-0.15, -0.1) is 6.42 Å². The Labute approximate surface area is 151 Å². The third-order valence-corrected chi connectivity index (χ3v) is 8.35. The van der Waals surface area contributed by atoms with Gasteiger partial charge in [0.15, 0.2) is 5.78 Å². The highest BCUT2D eigenvalue weighted by Crippen LogP contribution is 2.68. The molecule has 0 amide bonds. The van der Waals surface area contributed by atoms with Crippen LogP contribution in [0.2, 0.25) is 0 Å². The fourth-order valence-electron chi connectivity index (χ4n) is 7.22. The van der Waals surface area contributed by atoms with Gasteiger partial charge in [0.05, 0.1) is 0 Å². The molecule has 0 radical (unpaired) electrons. The average molecular weight is 338 g/mol. The molecule has 0 bridgehead atoms. The molecule has 2 nitrogen and oxygen atoms in total. The maximum Gasteiger partial charge on any atom is 0.155 e. The number of hydrogen-bond donors (Lipinski definition) is 1. The van der Waals surface area contributed by atoms with E-state index in [0.717, 1.165) is 25.7 Å². The maximum absolute atomic E-state index is 11.9. The van der Waals surface area contributed by atoms with Crippen molar-refractivity contribution in [2.24, 2.45) is 40.9 Å². The van der Waals surface area contributed by atoms with Crippen molar-refractivity contribution in [3.05, 3.63) is 23.8 Å². The predicted octanol–water partition coefficient (Wildman–Crippen LogP) is 4.15. The first kappa shape index (κ1) is 17.1. The second-order valence-electron chi connectivity index (χ2n) is 9.52. The van der Waals surface area contributed by atoms with Gasteiger partial charge >= 0.3 is 0 Å². The lowest BCUT2D eigenvalue weighted by atomic mass is 9.47. The average Bonchev–Trinajstić information content (AvgIpc) is 2.75. The molecule has 0 spiro atoms. The second-order valence-corrected chi connectivity index (χ2v) is 9.52. The molecule has 25 heavy (non-hydrogen) atoms. The van der Waals surface area contributed by atoms with Crippen LogP contribution in [0.5, 0.6) is 0 Å². The van der Waals surface area contributed by atoms with Crippen LogP contribution in [0.15, 0.2) is 23.8 Å².